The fourth-order valence-electron chi connectivity index (χ4n) is 2.70. The lowest BCUT2D eigenvalue weighted by Crippen LogP contribution is -2.20. The predicted molar refractivity (Wildman–Crippen MR) is 114 cm³/mol. The maximum atomic E-state index is 12.9. The fraction of sp³-hybridized carbons (Fsp3) is 0.167. The molecule has 0 saturated carbocycles. The van der Waals surface area contributed by atoms with Gasteiger partial charge in [-0.1, -0.05) is 29.8 Å². The summed E-state index contributed by atoms with van der Waals surface area (Å²) in [6, 6.07) is 17.6. The van der Waals surface area contributed by atoms with Gasteiger partial charge in [-0.25, -0.2) is 9.18 Å². The number of carbonyl (C=O) groups excluding carboxylic acids is 2. The Kier molecular flexibility index (Phi) is 7.22. The van der Waals surface area contributed by atoms with E-state index in [2.05, 4.69) is 5.32 Å². The molecule has 0 radical (unpaired) electrons. The van der Waals surface area contributed by atoms with Crippen LogP contribution in [0.2, 0.25) is 0 Å². The van der Waals surface area contributed by atoms with Crippen molar-refractivity contribution in [3.05, 3.63) is 89.2 Å². The number of halogens is 1. The highest BCUT2D eigenvalue weighted by molar-refractivity contribution is 5.92. The van der Waals surface area contributed by atoms with Crippen LogP contribution in [0, 0.1) is 12.7 Å². The number of hydrogen-bond donors (Lipinski definition) is 1. The van der Waals surface area contributed by atoms with Crippen LogP contribution in [0.15, 0.2) is 66.7 Å². The van der Waals surface area contributed by atoms with Gasteiger partial charge in [0, 0.05) is 5.69 Å². The molecule has 3 aromatic carbocycles. The third-order valence-corrected chi connectivity index (χ3v) is 4.38. The van der Waals surface area contributed by atoms with Gasteiger partial charge < -0.3 is 19.5 Å². The van der Waals surface area contributed by atoms with Crippen molar-refractivity contribution >= 4 is 17.6 Å². The molecule has 6 nitrogen and oxygen atoms in total. The topological polar surface area (TPSA) is 73.9 Å². The SMILES string of the molecule is COc1cc(C(=O)OCc2ccc(C)cc2)ccc1OCC(=O)Nc1ccc(F)cc1. The molecule has 0 aromatic heterocycles. The zero-order chi connectivity index (χ0) is 22.2. The number of benzene rings is 3. The van der Waals surface area contributed by atoms with Crippen LogP contribution in [0.25, 0.3) is 0 Å². The first-order valence-electron chi connectivity index (χ1n) is 9.53. The van der Waals surface area contributed by atoms with Crippen molar-refractivity contribution in [2.45, 2.75) is 13.5 Å². The summed E-state index contributed by atoms with van der Waals surface area (Å²) in [7, 11) is 1.43. The Morgan fingerprint density at radius 1 is 0.935 bits per heavy atom. The number of nitrogens with one attached hydrogen (secondary N) is 1. The summed E-state index contributed by atoms with van der Waals surface area (Å²) >= 11 is 0. The molecule has 0 aliphatic rings. The van der Waals surface area contributed by atoms with Crippen LogP contribution in [0.1, 0.15) is 21.5 Å². The molecule has 0 bridgehead atoms. The Balaban J connectivity index is 1.57. The molecule has 0 heterocycles. The van der Waals surface area contributed by atoms with E-state index < -0.39 is 17.7 Å². The van der Waals surface area contributed by atoms with Gasteiger partial charge >= 0.3 is 5.97 Å². The molecule has 0 spiro atoms. The van der Waals surface area contributed by atoms with E-state index in [-0.39, 0.29) is 13.2 Å². The van der Waals surface area contributed by atoms with E-state index in [1.165, 1.54) is 49.6 Å². The van der Waals surface area contributed by atoms with E-state index in [4.69, 9.17) is 14.2 Å². The van der Waals surface area contributed by atoms with E-state index in [0.29, 0.717) is 22.7 Å². The quantitative estimate of drug-likeness (QED) is 0.540. The molecule has 0 saturated heterocycles. The monoisotopic (exact) mass is 423 g/mol. The number of amides is 1. The van der Waals surface area contributed by atoms with Gasteiger partial charge in [-0.3, -0.25) is 4.79 Å². The van der Waals surface area contributed by atoms with Crippen molar-refractivity contribution in [1.82, 2.24) is 0 Å². The summed E-state index contributed by atoms with van der Waals surface area (Å²) in [5, 5.41) is 2.60. The van der Waals surface area contributed by atoms with Crippen molar-refractivity contribution in [3.8, 4) is 11.5 Å². The molecule has 0 unspecified atom stereocenters. The highest BCUT2D eigenvalue weighted by atomic mass is 19.1. The van der Waals surface area contributed by atoms with E-state index >= 15 is 0 Å². The van der Waals surface area contributed by atoms with Gasteiger partial charge in [-0.2, -0.15) is 0 Å². The van der Waals surface area contributed by atoms with Crippen molar-refractivity contribution in [2.24, 2.45) is 0 Å². The summed E-state index contributed by atoms with van der Waals surface area (Å²) in [5.74, 6) is -0.725. The second kappa shape index (κ2) is 10.2. The zero-order valence-electron chi connectivity index (χ0n) is 17.2. The van der Waals surface area contributed by atoms with Crippen LogP contribution in [-0.4, -0.2) is 25.6 Å². The molecule has 1 amide bonds. The second-order valence-corrected chi connectivity index (χ2v) is 6.77. The molecule has 0 atom stereocenters. The van der Waals surface area contributed by atoms with Crippen LogP contribution < -0.4 is 14.8 Å². The van der Waals surface area contributed by atoms with Crippen molar-refractivity contribution in [2.75, 3.05) is 19.0 Å². The number of aryl methyl sites for hydroxylation is 1. The van der Waals surface area contributed by atoms with Crippen molar-refractivity contribution in [1.29, 1.82) is 0 Å². The molecular formula is C24H22FNO5. The molecule has 0 aliphatic heterocycles. The number of ether oxygens (including phenoxy) is 3. The maximum Gasteiger partial charge on any atom is 0.338 e. The zero-order valence-corrected chi connectivity index (χ0v) is 17.2. The van der Waals surface area contributed by atoms with Gasteiger partial charge in [0.1, 0.15) is 12.4 Å². The lowest BCUT2D eigenvalue weighted by atomic mass is 10.1. The highest BCUT2D eigenvalue weighted by Gasteiger charge is 2.14. The van der Waals surface area contributed by atoms with Gasteiger partial charge in [0.15, 0.2) is 18.1 Å². The number of rotatable bonds is 8. The fourth-order valence-corrected chi connectivity index (χ4v) is 2.70. The third-order valence-electron chi connectivity index (χ3n) is 4.38. The van der Waals surface area contributed by atoms with Crippen LogP contribution >= 0.6 is 0 Å². The standard InChI is InChI=1S/C24H22FNO5/c1-16-3-5-17(6-4-16)14-31-24(28)18-7-12-21(22(13-18)29-2)30-15-23(27)26-20-10-8-19(25)9-11-20/h3-13H,14-15H2,1-2H3,(H,26,27). The third kappa shape index (κ3) is 6.30. The lowest BCUT2D eigenvalue weighted by molar-refractivity contribution is -0.118. The van der Waals surface area contributed by atoms with Gasteiger partial charge in [-0.05, 0) is 55.0 Å². The van der Waals surface area contributed by atoms with Crippen LogP contribution in [-0.2, 0) is 16.1 Å². The largest absolute Gasteiger partial charge is 0.493 e. The van der Waals surface area contributed by atoms with Gasteiger partial charge in [0.05, 0.1) is 12.7 Å². The molecule has 0 aliphatic carbocycles. The first-order valence-corrected chi connectivity index (χ1v) is 9.53. The van der Waals surface area contributed by atoms with Crippen molar-refractivity contribution < 1.29 is 28.2 Å². The maximum absolute atomic E-state index is 12.9. The normalized spacial score (nSPS) is 10.3. The molecule has 3 aromatic rings. The Bertz CT molecular complexity index is 1050. The molecule has 1 N–H and O–H groups in total. The number of anilines is 1. The summed E-state index contributed by atoms with van der Waals surface area (Å²) in [4.78, 5) is 24.4. The molecule has 3 rings (SSSR count). The van der Waals surface area contributed by atoms with Gasteiger partial charge in [-0.15, -0.1) is 0 Å². The first-order chi connectivity index (χ1) is 14.9. The average molecular weight is 423 g/mol. The van der Waals surface area contributed by atoms with Crippen molar-refractivity contribution in [3.63, 3.8) is 0 Å². The van der Waals surface area contributed by atoms with E-state index in [1.807, 2.05) is 31.2 Å². The average Bonchev–Trinajstić information content (AvgIpc) is 2.78. The second-order valence-electron chi connectivity index (χ2n) is 6.77. The van der Waals surface area contributed by atoms with Crippen LogP contribution in [0.4, 0.5) is 10.1 Å². The Hall–Kier alpha value is -3.87. The minimum Gasteiger partial charge on any atom is -0.493 e. The smallest absolute Gasteiger partial charge is 0.338 e. The summed E-state index contributed by atoms with van der Waals surface area (Å²) < 4.78 is 29.0. The summed E-state index contributed by atoms with van der Waals surface area (Å²) in [6.45, 7) is 1.85. The highest BCUT2D eigenvalue weighted by Crippen LogP contribution is 2.28. The molecule has 7 heteroatoms. The minimum absolute atomic E-state index is 0.156. The molecule has 31 heavy (non-hydrogen) atoms. The summed E-state index contributed by atoms with van der Waals surface area (Å²) in [5.41, 5.74) is 2.76. The Morgan fingerprint density at radius 3 is 2.32 bits per heavy atom. The van der Waals surface area contributed by atoms with E-state index in [0.717, 1.165) is 11.1 Å². The lowest BCUT2D eigenvalue weighted by Gasteiger charge is -2.12. The Morgan fingerprint density at radius 2 is 1.65 bits per heavy atom. The predicted octanol–water partition coefficient (Wildman–Crippen LogP) is 4.52. The van der Waals surface area contributed by atoms with E-state index in [9.17, 15) is 14.0 Å². The Labute approximate surface area is 179 Å². The minimum atomic E-state index is -0.500. The van der Waals surface area contributed by atoms with Gasteiger partial charge in [0.2, 0.25) is 0 Å². The van der Waals surface area contributed by atoms with Crippen LogP contribution in [0.5, 0.6) is 11.5 Å². The van der Waals surface area contributed by atoms with Crippen LogP contribution in [0.3, 0.4) is 0 Å². The number of hydrogen-bond acceptors (Lipinski definition) is 5. The molecular weight excluding hydrogens is 401 g/mol. The number of esters is 1. The number of methoxy groups -OCH3 is 1. The number of carbonyl (C=O) groups is 2. The van der Waals surface area contributed by atoms with E-state index in [1.54, 1.807) is 0 Å². The molecule has 160 valence electrons. The summed E-state index contributed by atoms with van der Waals surface area (Å²) in [6.07, 6.45) is 0. The van der Waals surface area contributed by atoms with Gasteiger partial charge in [0.25, 0.3) is 5.91 Å². The molecule has 0 fully saturated rings. The first kappa shape index (κ1) is 21.8.